The fraction of sp³-hybridized carbons (Fsp3) is 0.500. The van der Waals surface area contributed by atoms with Crippen LogP contribution in [0.4, 0.5) is 0 Å². The molecule has 2 heterocycles. The number of aliphatic hydroxyl groups is 1. The molecule has 0 saturated carbocycles. The second-order valence-electron chi connectivity index (χ2n) is 4.71. The van der Waals surface area contributed by atoms with Crippen LogP contribution in [0.3, 0.4) is 0 Å². The first kappa shape index (κ1) is 24.6. The second kappa shape index (κ2) is 11.0. The van der Waals surface area contributed by atoms with Crippen molar-refractivity contribution in [3.05, 3.63) is 43.3 Å². The molecule has 0 aromatic heterocycles. The van der Waals surface area contributed by atoms with Gasteiger partial charge >= 0.3 is 23.9 Å². The SMILES string of the molecule is [CH2][C@H]1O[C@@H]2OC(C)(C)O[C@@H]2[C@H]1O.[I-].[I-].[Sn+2].[c]1ccccc1. The molecule has 4 atom stereocenters. The molecule has 1 N–H and O–H groups in total. The van der Waals surface area contributed by atoms with Crippen molar-refractivity contribution in [2.45, 2.75) is 44.2 Å². The van der Waals surface area contributed by atoms with Gasteiger partial charge in [-0.3, -0.25) is 0 Å². The summed E-state index contributed by atoms with van der Waals surface area (Å²) >= 11 is 0. The van der Waals surface area contributed by atoms with Crippen LogP contribution in [0, 0.1) is 13.0 Å². The van der Waals surface area contributed by atoms with Crippen LogP contribution >= 0.6 is 0 Å². The van der Waals surface area contributed by atoms with Gasteiger partial charge in [0.25, 0.3) is 0 Å². The third kappa shape index (κ3) is 7.17. The molecule has 0 amide bonds. The molecule has 2 fully saturated rings. The van der Waals surface area contributed by atoms with Crippen LogP contribution in [-0.2, 0) is 14.2 Å². The van der Waals surface area contributed by atoms with Gasteiger partial charge in [0.1, 0.15) is 12.2 Å². The number of ether oxygens (including phenoxy) is 3. The minimum absolute atomic E-state index is 0. The van der Waals surface area contributed by atoms with E-state index in [0.717, 1.165) is 0 Å². The molecular weight excluding hydrogens is 605 g/mol. The Morgan fingerprint density at radius 1 is 1.10 bits per heavy atom. The summed E-state index contributed by atoms with van der Waals surface area (Å²) in [6.45, 7) is 7.20. The van der Waals surface area contributed by atoms with E-state index in [4.69, 9.17) is 14.2 Å². The van der Waals surface area contributed by atoms with Gasteiger partial charge in [-0.2, -0.15) is 0 Å². The fourth-order valence-corrected chi connectivity index (χ4v) is 1.90. The normalized spacial score (nSPS) is 31.4. The summed E-state index contributed by atoms with van der Waals surface area (Å²) in [6.07, 6.45) is -1.98. The van der Waals surface area contributed by atoms with Crippen LogP contribution in [0.2, 0.25) is 0 Å². The average molecular weight is 623 g/mol. The van der Waals surface area contributed by atoms with Gasteiger partial charge < -0.3 is 67.3 Å². The molecule has 21 heavy (non-hydrogen) atoms. The summed E-state index contributed by atoms with van der Waals surface area (Å²) in [5.41, 5.74) is 0. The van der Waals surface area contributed by atoms with Gasteiger partial charge in [-0.1, -0.05) is 30.3 Å². The van der Waals surface area contributed by atoms with Crippen molar-refractivity contribution in [2.75, 3.05) is 0 Å². The Labute approximate surface area is 177 Å². The minimum Gasteiger partial charge on any atom is -1.00 e. The van der Waals surface area contributed by atoms with Crippen molar-refractivity contribution in [1.29, 1.82) is 0 Å². The van der Waals surface area contributed by atoms with Crippen molar-refractivity contribution in [3.8, 4) is 0 Å². The molecule has 4 radical (unpaired) electrons. The Morgan fingerprint density at radius 2 is 1.67 bits per heavy atom. The molecule has 0 bridgehead atoms. The van der Waals surface area contributed by atoms with Crippen molar-refractivity contribution >= 4 is 23.9 Å². The van der Waals surface area contributed by atoms with E-state index >= 15 is 0 Å². The van der Waals surface area contributed by atoms with E-state index in [2.05, 4.69) is 13.0 Å². The largest absolute Gasteiger partial charge is 2.00 e. The van der Waals surface area contributed by atoms with Crippen LogP contribution in [0.5, 0.6) is 0 Å². The third-order valence-electron chi connectivity index (χ3n) is 2.72. The molecule has 1 aromatic carbocycles. The van der Waals surface area contributed by atoms with Gasteiger partial charge in [-0.05, 0) is 26.8 Å². The van der Waals surface area contributed by atoms with Crippen molar-refractivity contribution in [3.63, 3.8) is 0 Å². The first-order chi connectivity index (χ1) is 8.49. The fourth-order valence-electron chi connectivity index (χ4n) is 1.90. The number of hydrogen-bond donors (Lipinski definition) is 1. The molecule has 2 aliphatic rings. The number of hydrogen-bond acceptors (Lipinski definition) is 4. The zero-order valence-electron chi connectivity index (χ0n) is 11.8. The van der Waals surface area contributed by atoms with E-state index in [0.29, 0.717) is 0 Å². The number of fused-ring (bicyclic) bond motifs is 1. The molecular formula is C14H18I2O4Sn. The maximum Gasteiger partial charge on any atom is 2.00 e. The second-order valence-corrected chi connectivity index (χ2v) is 4.71. The van der Waals surface area contributed by atoms with E-state index in [1.165, 1.54) is 0 Å². The molecule has 2 saturated heterocycles. The van der Waals surface area contributed by atoms with Crippen molar-refractivity contribution in [1.82, 2.24) is 0 Å². The van der Waals surface area contributed by atoms with E-state index in [-0.39, 0.29) is 78.0 Å². The Hall–Kier alpha value is 1.32. The molecule has 7 heteroatoms. The zero-order valence-corrected chi connectivity index (χ0v) is 19.0. The monoisotopic (exact) mass is 624 g/mol. The van der Waals surface area contributed by atoms with Gasteiger partial charge in [-0.25, -0.2) is 0 Å². The van der Waals surface area contributed by atoms with Gasteiger partial charge in [0.05, 0.1) is 6.10 Å². The van der Waals surface area contributed by atoms with Crippen LogP contribution in [-0.4, -0.2) is 59.4 Å². The van der Waals surface area contributed by atoms with Crippen LogP contribution in [0.25, 0.3) is 0 Å². The van der Waals surface area contributed by atoms with E-state index < -0.39 is 24.3 Å². The summed E-state index contributed by atoms with van der Waals surface area (Å²) in [5, 5.41) is 9.51. The Balaban J connectivity index is 0. The first-order valence-electron chi connectivity index (χ1n) is 5.93. The Kier molecular flexibility index (Phi) is 12.8. The molecule has 4 nitrogen and oxygen atoms in total. The molecule has 1 aromatic rings. The number of halogens is 2. The van der Waals surface area contributed by atoms with Gasteiger partial charge in [0.2, 0.25) is 0 Å². The number of aliphatic hydroxyl groups excluding tert-OH is 1. The van der Waals surface area contributed by atoms with Crippen LogP contribution in [0.15, 0.2) is 30.3 Å². The maximum atomic E-state index is 9.51. The van der Waals surface area contributed by atoms with E-state index in [1.54, 1.807) is 13.8 Å². The number of rotatable bonds is 0. The summed E-state index contributed by atoms with van der Waals surface area (Å²) in [5.74, 6) is -0.656. The van der Waals surface area contributed by atoms with E-state index in [9.17, 15) is 5.11 Å². The molecule has 3 rings (SSSR count). The van der Waals surface area contributed by atoms with Crippen LogP contribution < -0.4 is 48.0 Å². The van der Waals surface area contributed by atoms with Crippen LogP contribution in [0.1, 0.15) is 13.8 Å². The molecule has 0 unspecified atom stereocenters. The molecule has 116 valence electrons. The Morgan fingerprint density at radius 3 is 2.05 bits per heavy atom. The Bertz CT molecular complexity index is 354. The predicted octanol–water partition coefficient (Wildman–Crippen LogP) is -4.83. The molecule has 2 aliphatic heterocycles. The first-order valence-corrected chi connectivity index (χ1v) is 5.93. The summed E-state index contributed by atoms with van der Waals surface area (Å²) < 4.78 is 16.0. The average Bonchev–Trinajstić information content (AvgIpc) is 2.77. The molecule has 0 aliphatic carbocycles. The summed E-state index contributed by atoms with van der Waals surface area (Å²) in [4.78, 5) is 0. The van der Waals surface area contributed by atoms with Gasteiger partial charge in [0.15, 0.2) is 12.1 Å². The predicted molar refractivity (Wildman–Crippen MR) is 71.1 cm³/mol. The third-order valence-corrected chi connectivity index (χ3v) is 2.72. The summed E-state index contributed by atoms with van der Waals surface area (Å²) in [7, 11) is 0. The van der Waals surface area contributed by atoms with Gasteiger partial charge in [0, 0.05) is 0 Å². The standard InChI is InChI=1S/C8H13O4.C6H5.2HI.Sn/c1-4-5(9)6-7(10-4)12-8(2,3)11-6;1-2-4-6-5-3-1;;;/h4-7,9H,1H2,2-3H3;1-5H;2*1H;/q;;;;+2/p-2/t4-,5+,6-,7-;;;;/m1..../s1. The minimum atomic E-state index is -0.684. The topological polar surface area (TPSA) is 47.9 Å². The summed E-state index contributed by atoms with van der Waals surface area (Å²) in [6, 6.07) is 12.5. The quantitative estimate of drug-likeness (QED) is 0.233. The smallest absolute Gasteiger partial charge is 1.00 e. The van der Waals surface area contributed by atoms with Crippen molar-refractivity contribution in [2.24, 2.45) is 0 Å². The molecule has 0 spiro atoms. The van der Waals surface area contributed by atoms with E-state index in [1.807, 2.05) is 30.3 Å². The zero-order chi connectivity index (χ0) is 13.2. The van der Waals surface area contributed by atoms with Gasteiger partial charge in [-0.15, -0.1) is 0 Å². The van der Waals surface area contributed by atoms with Crippen molar-refractivity contribution < 1.29 is 67.3 Å². The maximum absolute atomic E-state index is 9.51. The number of benzene rings is 1.